The second kappa shape index (κ2) is 6.61. The summed E-state index contributed by atoms with van der Waals surface area (Å²) in [6.07, 6.45) is 3.80. The Bertz CT molecular complexity index is 593. The average molecular weight is 312 g/mol. The molecule has 1 atom stereocenters. The molecule has 108 valence electrons. The van der Waals surface area contributed by atoms with E-state index in [0.29, 0.717) is 10.0 Å². The summed E-state index contributed by atoms with van der Waals surface area (Å²) in [7, 11) is 3.91. The molecule has 1 aromatic heterocycles. The summed E-state index contributed by atoms with van der Waals surface area (Å²) in [6, 6.07) is 5.84. The topological polar surface area (TPSA) is 29.9 Å². The lowest BCUT2D eigenvalue weighted by Crippen LogP contribution is -2.19. The summed E-state index contributed by atoms with van der Waals surface area (Å²) < 4.78 is 1.86. The minimum Gasteiger partial charge on any atom is -0.313 e. The van der Waals surface area contributed by atoms with E-state index in [1.807, 2.05) is 30.9 Å². The van der Waals surface area contributed by atoms with E-state index in [1.54, 1.807) is 6.07 Å². The molecule has 0 amide bonds. The van der Waals surface area contributed by atoms with Gasteiger partial charge in [0.1, 0.15) is 0 Å². The molecule has 1 unspecified atom stereocenters. The first-order chi connectivity index (χ1) is 9.55. The van der Waals surface area contributed by atoms with Crippen LogP contribution in [0.4, 0.5) is 0 Å². The molecule has 0 spiro atoms. The molecule has 1 aromatic carbocycles. The second-order valence-electron chi connectivity index (χ2n) is 4.84. The van der Waals surface area contributed by atoms with Gasteiger partial charge in [-0.25, -0.2) is 0 Å². The number of nitrogens with zero attached hydrogens (tertiary/aromatic N) is 2. The molecule has 1 heterocycles. The summed E-state index contributed by atoms with van der Waals surface area (Å²) in [5, 5.41) is 9.22. The van der Waals surface area contributed by atoms with E-state index < -0.39 is 0 Å². The van der Waals surface area contributed by atoms with Gasteiger partial charge < -0.3 is 5.32 Å². The van der Waals surface area contributed by atoms with Crippen molar-refractivity contribution in [2.75, 3.05) is 7.05 Å². The lowest BCUT2D eigenvalue weighted by Gasteiger charge is -2.17. The van der Waals surface area contributed by atoms with Crippen LogP contribution in [0.25, 0.3) is 0 Å². The van der Waals surface area contributed by atoms with E-state index in [9.17, 15) is 0 Å². The Morgan fingerprint density at radius 2 is 2.10 bits per heavy atom. The van der Waals surface area contributed by atoms with Gasteiger partial charge in [0.25, 0.3) is 0 Å². The van der Waals surface area contributed by atoms with Gasteiger partial charge in [0.2, 0.25) is 0 Å². The minimum atomic E-state index is 0.192. The van der Waals surface area contributed by atoms with Crippen molar-refractivity contribution in [3.8, 4) is 0 Å². The molecule has 0 aliphatic carbocycles. The first-order valence-electron chi connectivity index (χ1n) is 6.68. The van der Waals surface area contributed by atoms with Crippen molar-refractivity contribution in [1.29, 1.82) is 0 Å². The van der Waals surface area contributed by atoms with E-state index in [4.69, 9.17) is 23.2 Å². The molecule has 1 N–H and O–H groups in total. The first kappa shape index (κ1) is 15.4. The van der Waals surface area contributed by atoms with E-state index >= 15 is 0 Å². The zero-order valence-electron chi connectivity index (χ0n) is 12.0. The molecular weight excluding hydrogens is 293 g/mol. The molecule has 2 aromatic rings. The molecule has 2 rings (SSSR count). The van der Waals surface area contributed by atoms with Gasteiger partial charge in [-0.3, -0.25) is 4.68 Å². The number of hydrogen-bond acceptors (Lipinski definition) is 2. The number of rotatable bonds is 5. The lowest BCUT2D eigenvalue weighted by atomic mass is 9.98. The first-order valence-corrected chi connectivity index (χ1v) is 7.44. The highest BCUT2D eigenvalue weighted by atomic mass is 35.5. The van der Waals surface area contributed by atoms with Crippen molar-refractivity contribution in [3.05, 3.63) is 51.3 Å². The van der Waals surface area contributed by atoms with Crippen LogP contribution in [0.2, 0.25) is 10.0 Å². The van der Waals surface area contributed by atoms with Gasteiger partial charge in [-0.15, -0.1) is 0 Å². The van der Waals surface area contributed by atoms with Gasteiger partial charge in [0.15, 0.2) is 0 Å². The van der Waals surface area contributed by atoms with Crippen LogP contribution in [0.3, 0.4) is 0 Å². The van der Waals surface area contributed by atoms with E-state index in [1.165, 1.54) is 5.56 Å². The van der Waals surface area contributed by atoms with Crippen molar-refractivity contribution < 1.29 is 0 Å². The van der Waals surface area contributed by atoms with Crippen molar-refractivity contribution >= 4 is 23.2 Å². The Kier molecular flexibility index (Phi) is 5.08. The maximum Gasteiger partial charge on any atom is 0.0669 e. The predicted molar refractivity (Wildman–Crippen MR) is 84.6 cm³/mol. The molecule has 0 saturated heterocycles. The number of nitrogens with one attached hydrogen (secondary N) is 1. The molecule has 20 heavy (non-hydrogen) atoms. The Morgan fingerprint density at radius 3 is 2.70 bits per heavy atom. The van der Waals surface area contributed by atoms with Crippen LogP contribution in [-0.4, -0.2) is 16.8 Å². The zero-order valence-corrected chi connectivity index (χ0v) is 13.5. The molecule has 0 aliphatic rings. The predicted octanol–water partition coefficient (Wildman–Crippen LogP) is 3.79. The Balaban J connectivity index is 2.28. The van der Waals surface area contributed by atoms with E-state index in [0.717, 1.165) is 24.1 Å². The Hall–Kier alpha value is -1.03. The van der Waals surface area contributed by atoms with Crippen LogP contribution in [0, 0.1) is 0 Å². The fourth-order valence-electron chi connectivity index (χ4n) is 2.39. The molecule has 0 bridgehead atoms. The Labute approximate surface area is 129 Å². The van der Waals surface area contributed by atoms with Crippen LogP contribution in [0.1, 0.15) is 29.8 Å². The quantitative estimate of drug-likeness (QED) is 0.910. The third kappa shape index (κ3) is 3.35. The molecule has 0 radical (unpaired) electrons. The SMILES string of the molecule is CCc1nn(C)cc1C(Cc1ccc(Cl)cc1Cl)NC. The zero-order chi connectivity index (χ0) is 14.7. The normalized spacial score (nSPS) is 12.7. The molecule has 0 aliphatic heterocycles. The van der Waals surface area contributed by atoms with Gasteiger partial charge in [-0.2, -0.15) is 5.10 Å². The van der Waals surface area contributed by atoms with Crippen molar-refractivity contribution in [3.63, 3.8) is 0 Å². The summed E-state index contributed by atoms with van der Waals surface area (Å²) >= 11 is 12.2. The van der Waals surface area contributed by atoms with Gasteiger partial charge in [0, 0.05) is 34.9 Å². The third-order valence-electron chi connectivity index (χ3n) is 3.44. The average Bonchev–Trinajstić information content (AvgIpc) is 2.79. The molecule has 0 saturated carbocycles. The highest BCUT2D eigenvalue weighted by molar-refractivity contribution is 6.35. The summed E-state index contributed by atoms with van der Waals surface area (Å²) in [5.74, 6) is 0. The summed E-state index contributed by atoms with van der Waals surface area (Å²) in [6.45, 7) is 2.12. The van der Waals surface area contributed by atoms with Crippen LogP contribution in [0.5, 0.6) is 0 Å². The number of halogens is 2. The van der Waals surface area contributed by atoms with Gasteiger partial charge in [-0.05, 0) is 37.6 Å². The van der Waals surface area contributed by atoms with Crippen LogP contribution >= 0.6 is 23.2 Å². The molecule has 3 nitrogen and oxygen atoms in total. The summed E-state index contributed by atoms with van der Waals surface area (Å²) in [5.41, 5.74) is 3.43. The maximum absolute atomic E-state index is 6.26. The fourth-order valence-corrected chi connectivity index (χ4v) is 2.88. The van der Waals surface area contributed by atoms with Crippen molar-refractivity contribution in [1.82, 2.24) is 15.1 Å². The number of aryl methyl sites for hydroxylation is 2. The number of aromatic nitrogens is 2. The van der Waals surface area contributed by atoms with Crippen molar-refractivity contribution in [2.45, 2.75) is 25.8 Å². The standard InChI is InChI=1S/C15H19Cl2N3/c1-4-14-12(9-20(3)19-14)15(18-2)7-10-5-6-11(16)8-13(10)17/h5-6,8-9,15,18H,4,7H2,1-3H3. The number of hydrogen-bond donors (Lipinski definition) is 1. The van der Waals surface area contributed by atoms with Gasteiger partial charge in [-0.1, -0.05) is 36.2 Å². The molecule has 5 heteroatoms. The molecule has 0 fully saturated rings. The Morgan fingerprint density at radius 1 is 1.35 bits per heavy atom. The maximum atomic E-state index is 6.26. The third-order valence-corrected chi connectivity index (χ3v) is 4.02. The number of likely N-dealkylation sites (N-methyl/N-ethyl adjacent to an activating group) is 1. The van der Waals surface area contributed by atoms with E-state index in [2.05, 4.69) is 23.5 Å². The van der Waals surface area contributed by atoms with Crippen LogP contribution in [-0.2, 0) is 19.9 Å². The highest BCUT2D eigenvalue weighted by Crippen LogP contribution is 2.27. The largest absolute Gasteiger partial charge is 0.313 e. The van der Waals surface area contributed by atoms with Gasteiger partial charge >= 0.3 is 0 Å². The molecular formula is C15H19Cl2N3. The summed E-state index contributed by atoms with van der Waals surface area (Å²) in [4.78, 5) is 0. The van der Waals surface area contributed by atoms with Gasteiger partial charge in [0.05, 0.1) is 5.69 Å². The minimum absolute atomic E-state index is 0.192. The number of benzene rings is 1. The lowest BCUT2D eigenvalue weighted by molar-refractivity contribution is 0.586. The fraction of sp³-hybridized carbons (Fsp3) is 0.400. The monoisotopic (exact) mass is 311 g/mol. The van der Waals surface area contributed by atoms with Crippen molar-refractivity contribution in [2.24, 2.45) is 7.05 Å². The van der Waals surface area contributed by atoms with Crippen LogP contribution in [0.15, 0.2) is 24.4 Å². The highest BCUT2D eigenvalue weighted by Gasteiger charge is 2.18. The second-order valence-corrected chi connectivity index (χ2v) is 5.68. The smallest absolute Gasteiger partial charge is 0.0669 e. The van der Waals surface area contributed by atoms with Crippen LogP contribution < -0.4 is 5.32 Å². The van der Waals surface area contributed by atoms with E-state index in [-0.39, 0.29) is 6.04 Å².